The number of hydrogen-bond donors (Lipinski definition) is 3. The third-order valence-corrected chi connectivity index (χ3v) is 1.02. The first kappa shape index (κ1) is 9.41. The van der Waals surface area contributed by atoms with E-state index in [0.717, 1.165) is 0 Å². The maximum Gasteiger partial charge on any atom is 0.240 e. The van der Waals surface area contributed by atoms with Crippen LogP contribution < -0.4 is 16.8 Å². The molecule has 0 rings (SSSR count). The molecule has 1 atom stereocenters. The largest absolute Gasteiger partial charge is 0.370 e. The summed E-state index contributed by atoms with van der Waals surface area (Å²) >= 11 is 0. The smallest absolute Gasteiger partial charge is 0.240 e. The zero-order chi connectivity index (χ0) is 8.85. The van der Waals surface area contributed by atoms with Crippen molar-refractivity contribution in [2.45, 2.75) is 12.5 Å². The first-order chi connectivity index (χ1) is 5.07. The summed E-state index contributed by atoms with van der Waals surface area (Å²) in [6.07, 6.45) is 0.0203. The van der Waals surface area contributed by atoms with Gasteiger partial charge in [-0.1, -0.05) is 0 Å². The molecule has 0 aromatic heterocycles. The molecule has 6 heteroatoms. The highest BCUT2D eigenvalue weighted by atomic mass is 16.2. The summed E-state index contributed by atoms with van der Waals surface area (Å²) in [5.74, 6) is -1.47. The lowest BCUT2D eigenvalue weighted by Gasteiger charge is -2.08. The number of carbonyl (C=O) groups excluding carboxylic acids is 3. The number of carbonyl (C=O) groups is 3. The van der Waals surface area contributed by atoms with Crippen molar-refractivity contribution >= 4 is 18.2 Å². The lowest BCUT2D eigenvalue weighted by molar-refractivity contribution is -0.126. The molecule has 6 nitrogen and oxygen atoms in total. The minimum absolute atomic E-state index is 0.270. The zero-order valence-electron chi connectivity index (χ0n) is 5.74. The molecule has 0 aliphatic carbocycles. The van der Waals surface area contributed by atoms with Gasteiger partial charge in [0.25, 0.3) is 0 Å². The molecule has 62 valence electrons. The number of rotatable bonds is 5. The lowest BCUT2D eigenvalue weighted by Crippen LogP contribution is -2.43. The fraction of sp³-hybridized carbons (Fsp3) is 0.400. The van der Waals surface area contributed by atoms with Crippen molar-refractivity contribution in [2.24, 2.45) is 11.5 Å². The van der Waals surface area contributed by atoms with Gasteiger partial charge in [0.1, 0.15) is 6.04 Å². The Morgan fingerprint density at radius 2 is 2.00 bits per heavy atom. The molecule has 0 aliphatic rings. The molecule has 0 fully saturated rings. The van der Waals surface area contributed by atoms with E-state index in [-0.39, 0.29) is 6.42 Å². The van der Waals surface area contributed by atoms with Crippen LogP contribution in [0.15, 0.2) is 0 Å². The van der Waals surface area contributed by atoms with Crippen LogP contribution in [0.5, 0.6) is 0 Å². The predicted molar refractivity (Wildman–Crippen MR) is 36.0 cm³/mol. The second kappa shape index (κ2) is 4.26. The van der Waals surface area contributed by atoms with E-state index in [0.29, 0.717) is 6.41 Å². The zero-order valence-corrected chi connectivity index (χ0v) is 5.74. The van der Waals surface area contributed by atoms with Crippen molar-refractivity contribution in [1.29, 1.82) is 0 Å². The quantitative estimate of drug-likeness (QED) is 0.384. The van der Waals surface area contributed by atoms with Crippen LogP contribution in [0.25, 0.3) is 0 Å². The standard InChI is InChI=1S/C5H9N3O3/c6-4(10)1-3(5(7)11)8-2-9/h2-3H,1H2,(H2,6,10)(H2,7,11)(H,8,9). The number of hydrogen-bond acceptors (Lipinski definition) is 3. The average molecular weight is 159 g/mol. The van der Waals surface area contributed by atoms with Crippen LogP contribution in [-0.2, 0) is 14.4 Å². The van der Waals surface area contributed by atoms with Crippen LogP contribution >= 0.6 is 0 Å². The van der Waals surface area contributed by atoms with Gasteiger partial charge in [0.05, 0.1) is 6.42 Å². The van der Waals surface area contributed by atoms with Crippen molar-refractivity contribution in [3.05, 3.63) is 0 Å². The Kier molecular flexibility index (Phi) is 3.65. The van der Waals surface area contributed by atoms with Crippen LogP contribution in [0.4, 0.5) is 0 Å². The number of amides is 3. The minimum Gasteiger partial charge on any atom is -0.370 e. The van der Waals surface area contributed by atoms with Gasteiger partial charge in [0.2, 0.25) is 18.2 Å². The van der Waals surface area contributed by atoms with E-state index >= 15 is 0 Å². The van der Waals surface area contributed by atoms with Crippen LogP contribution in [-0.4, -0.2) is 24.3 Å². The van der Waals surface area contributed by atoms with E-state index < -0.39 is 17.9 Å². The SMILES string of the molecule is NC(=O)CC(NC=O)C(N)=O. The van der Waals surface area contributed by atoms with Gasteiger partial charge in [-0.15, -0.1) is 0 Å². The summed E-state index contributed by atoms with van der Waals surface area (Å²) in [6.45, 7) is 0. The van der Waals surface area contributed by atoms with E-state index in [2.05, 4.69) is 5.32 Å². The summed E-state index contributed by atoms with van der Waals surface area (Å²) in [7, 11) is 0. The fourth-order valence-electron chi connectivity index (χ4n) is 0.525. The maximum absolute atomic E-state index is 10.4. The molecule has 0 aromatic carbocycles. The molecule has 0 heterocycles. The minimum atomic E-state index is -0.995. The molecule has 0 radical (unpaired) electrons. The molecular weight excluding hydrogens is 150 g/mol. The molecule has 3 amide bonds. The van der Waals surface area contributed by atoms with E-state index in [1.807, 2.05) is 0 Å². The molecule has 0 bridgehead atoms. The molecule has 5 N–H and O–H groups in total. The highest BCUT2D eigenvalue weighted by molar-refractivity contribution is 5.87. The molecule has 0 saturated heterocycles. The molecule has 11 heavy (non-hydrogen) atoms. The Balaban J connectivity index is 3.99. The molecule has 1 unspecified atom stereocenters. The Hall–Kier alpha value is -1.59. The fourth-order valence-corrected chi connectivity index (χ4v) is 0.525. The second-order valence-corrected chi connectivity index (χ2v) is 1.91. The topological polar surface area (TPSA) is 115 Å². The van der Waals surface area contributed by atoms with Gasteiger partial charge in [0, 0.05) is 0 Å². The third kappa shape index (κ3) is 3.90. The third-order valence-electron chi connectivity index (χ3n) is 1.02. The first-order valence-electron chi connectivity index (χ1n) is 2.85. The predicted octanol–water partition coefficient (Wildman–Crippen LogP) is -2.54. The Labute approximate surface area is 62.9 Å². The highest BCUT2D eigenvalue weighted by Gasteiger charge is 2.15. The lowest BCUT2D eigenvalue weighted by atomic mass is 10.2. The molecule has 0 aromatic rings. The van der Waals surface area contributed by atoms with E-state index in [4.69, 9.17) is 11.5 Å². The summed E-state index contributed by atoms with van der Waals surface area (Å²) in [6, 6.07) is -0.995. The van der Waals surface area contributed by atoms with Gasteiger partial charge in [-0.3, -0.25) is 14.4 Å². The van der Waals surface area contributed by atoms with E-state index in [1.165, 1.54) is 0 Å². The van der Waals surface area contributed by atoms with Gasteiger partial charge in [0.15, 0.2) is 0 Å². The van der Waals surface area contributed by atoms with Gasteiger partial charge in [-0.25, -0.2) is 0 Å². The summed E-state index contributed by atoms with van der Waals surface area (Å²) in [5.41, 5.74) is 9.56. The molecule has 0 saturated carbocycles. The first-order valence-corrected chi connectivity index (χ1v) is 2.85. The summed E-state index contributed by atoms with van der Waals surface area (Å²) in [5, 5.41) is 2.06. The molecule has 0 spiro atoms. The highest BCUT2D eigenvalue weighted by Crippen LogP contribution is 1.87. The van der Waals surface area contributed by atoms with E-state index in [1.54, 1.807) is 0 Å². The Morgan fingerprint density at radius 1 is 1.45 bits per heavy atom. The molecular formula is C5H9N3O3. The van der Waals surface area contributed by atoms with Crippen molar-refractivity contribution in [3.63, 3.8) is 0 Å². The van der Waals surface area contributed by atoms with Crippen molar-refractivity contribution in [3.8, 4) is 0 Å². The maximum atomic E-state index is 10.4. The van der Waals surface area contributed by atoms with Crippen molar-refractivity contribution in [1.82, 2.24) is 5.32 Å². The van der Waals surface area contributed by atoms with Crippen LogP contribution in [0.3, 0.4) is 0 Å². The number of nitrogens with two attached hydrogens (primary N) is 2. The Bertz CT molecular complexity index is 180. The monoisotopic (exact) mass is 159 g/mol. The van der Waals surface area contributed by atoms with Gasteiger partial charge >= 0.3 is 0 Å². The average Bonchev–Trinajstić information content (AvgIpc) is 1.86. The second-order valence-electron chi connectivity index (χ2n) is 1.91. The van der Waals surface area contributed by atoms with Gasteiger partial charge in [-0.2, -0.15) is 0 Å². The van der Waals surface area contributed by atoms with E-state index in [9.17, 15) is 14.4 Å². The normalized spacial score (nSPS) is 11.6. The van der Waals surface area contributed by atoms with Crippen LogP contribution in [0.1, 0.15) is 6.42 Å². The van der Waals surface area contributed by atoms with Crippen LogP contribution in [0.2, 0.25) is 0 Å². The number of primary amides is 2. The Morgan fingerprint density at radius 3 is 2.27 bits per heavy atom. The van der Waals surface area contributed by atoms with Crippen LogP contribution in [0, 0.1) is 0 Å². The van der Waals surface area contributed by atoms with Gasteiger partial charge in [-0.05, 0) is 0 Å². The van der Waals surface area contributed by atoms with Crippen molar-refractivity contribution in [2.75, 3.05) is 0 Å². The number of nitrogens with one attached hydrogen (secondary N) is 1. The van der Waals surface area contributed by atoms with Crippen molar-refractivity contribution < 1.29 is 14.4 Å². The molecule has 0 aliphatic heterocycles. The summed E-state index contributed by atoms with van der Waals surface area (Å²) < 4.78 is 0. The summed E-state index contributed by atoms with van der Waals surface area (Å²) in [4.78, 5) is 30.5. The van der Waals surface area contributed by atoms with Gasteiger partial charge < -0.3 is 16.8 Å².